The van der Waals surface area contributed by atoms with Crippen LogP contribution in [0.3, 0.4) is 0 Å². The standard InChI is InChI=1S/C10H8ClF3O2/c1-5-6(4-9(15)16)7(10(12,13)14)2-3-8(5)11/h2-3H,4H2,1H3,(H,15,16). The second-order valence-corrected chi connectivity index (χ2v) is 3.67. The molecule has 0 fully saturated rings. The second kappa shape index (κ2) is 4.33. The SMILES string of the molecule is Cc1c(Cl)ccc(C(F)(F)F)c1CC(=O)O. The third-order valence-electron chi connectivity index (χ3n) is 2.17. The van der Waals surface area contributed by atoms with E-state index < -0.39 is 24.1 Å². The van der Waals surface area contributed by atoms with Gasteiger partial charge in [-0.1, -0.05) is 11.6 Å². The molecule has 6 heteroatoms. The minimum atomic E-state index is -4.57. The summed E-state index contributed by atoms with van der Waals surface area (Å²) in [4.78, 5) is 10.5. The number of aliphatic carboxylic acids is 1. The molecule has 0 heterocycles. The van der Waals surface area contributed by atoms with Crippen LogP contribution in [0.15, 0.2) is 12.1 Å². The Morgan fingerprint density at radius 2 is 2.00 bits per heavy atom. The highest BCUT2D eigenvalue weighted by atomic mass is 35.5. The van der Waals surface area contributed by atoms with Gasteiger partial charge in [-0.3, -0.25) is 4.79 Å². The van der Waals surface area contributed by atoms with Crippen LogP contribution in [0.2, 0.25) is 5.02 Å². The predicted molar refractivity (Wildman–Crippen MR) is 52.5 cm³/mol. The normalized spacial score (nSPS) is 11.6. The lowest BCUT2D eigenvalue weighted by atomic mass is 9.98. The van der Waals surface area contributed by atoms with Crippen LogP contribution in [0.25, 0.3) is 0 Å². The van der Waals surface area contributed by atoms with E-state index in [0.717, 1.165) is 12.1 Å². The third kappa shape index (κ3) is 2.66. The number of alkyl halides is 3. The first-order valence-electron chi connectivity index (χ1n) is 4.30. The molecule has 88 valence electrons. The van der Waals surface area contributed by atoms with Gasteiger partial charge in [0.2, 0.25) is 0 Å². The molecule has 0 amide bonds. The zero-order valence-corrected chi connectivity index (χ0v) is 8.99. The van der Waals surface area contributed by atoms with Crippen LogP contribution in [0, 0.1) is 6.92 Å². The van der Waals surface area contributed by atoms with Gasteiger partial charge in [0.15, 0.2) is 0 Å². The molecule has 0 radical (unpaired) electrons. The molecule has 0 aliphatic carbocycles. The average molecular weight is 253 g/mol. The first-order valence-corrected chi connectivity index (χ1v) is 4.68. The molecule has 0 saturated heterocycles. The van der Waals surface area contributed by atoms with Gasteiger partial charge in [-0.15, -0.1) is 0 Å². The first-order chi connectivity index (χ1) is 7.23. The second-order valence-electron chi connectivity index (χ2n) is 3.27. The Kier molecular flexibility index (Phi) is 3.48. The van der Waals surface area contributed by atoms with E-state index in [9.17, 15) is 18.0 Å². The van der Waals surface area contributed by atoms with E-state index >= 15 is 0 Å². The topological polar surface area (TPSA) is 37.3 Å². The van der Waals surface area contributed by atoms with Gasteiger partial charge in [0.25, 0.3) is 0 Å². The Balaban J connectivity index is 3.39. The van der Waals surface area contributed by atoms with Gasteiger partial charge in [-0.25, -0.2) is 0 Å². The molecule has 0 aliphatic rings. The highest BCUT2D eigenvalue weighted by Gasteiger charge is 2.34. The molecule has 0 bridgehead atoms. The fraction of sp³-hybridized carbons (Fsp3) is 0.300. The van der Waals surface area contributed by atoms with E-state index in [1.54, 1.807) is 0 Å². The smallest absolute Gasteiger partial charge is 0.416 e. The summed E-state index contributed by atoms with van der Waals surface area (Å²) >= 11 is 5.66. The van der Waals surface area contributed by atoms with Crippen molar-refractivity contribution in [1.29, 1.82) is 0 Å². The number of carbonyl (C=O) groups is 1. The Bertz CT molecular complexity index is 427. The fourth-order valence-electron chi connectivity index (χ4n) is 1.37. The van der Waals surface area contributed by atoms with E-state index in [1.165, 1.54) is 6.92 Å². The summed E-state index contributed by atoms with van der Waals surface area (Å²) in [5, 5.41) is 8.69. The number of rotatable bonds is 2. The van der Waals surface area contributed by atoms with Crippen molar-refractivity contribution in [2.45, 2.75) is 19.5 Å². The maximum Gasteiger partial charge on any atom is 0.416 e. The summed E-state index contributed by atoms with van der Waals surface area (Å²) in [5.74, 6) is -1.32. The van der Waals surface area contributed by atoms with Gasteiger partial charge in [0.05, 0.1) is 12.0 Å². The third-order valence-corrected chi connectivity index (χ3v) is 2.58. The summed E-state index contributed by atoms with van der Waals surface area (Å²) < 4.78 is 37.7. The molecule has 1 aromatic carbocycles. The minimum absolute atomic E-state index is 0.129. The molecule has 2 nitrogen and oxygen atoms in total. The molecule has 1 N–H and O–H groups in total. The highest BCUT2D eigenvalue weighted by Crippen LogP contribution is 2.35. The summed E-state index contributed by atoms with van der Waals surface area (Å²) in [6.07, 6.45) is -5.26. The molecule has 0 aliphatic heterocycles. The van der Waals surface area contributed by atoms with E-state index in [2.05, 4.69) is 0 Å². The van der Waals surface area contributed by atoms with Gasteiger partial charge in [0.1, 0.15) is 0 Å². The Labute approximate surface area is 94.6 Å². The van der Waals surface area contributed by atoms with Crippen molar-refractivity contribution in [3.05, 3.63) is 33.8 Å². The minimum Gasteiger partial charge on any atom is -0.481 e. The average Bonchev–Trinajstić information content (AvgIpc) is 2.10. The van der Waals surface area contributed by atoms with Crippen molar-refractivity contribution in [3.8, 4) is 0 Å². The summed E-state index contributed by atoms with van der Waals surface area (Å²) in [5.41, 5.74) is -1.08. The van der Waals surface area contributed by atoms with Crippen LogP contribution in [-0.2, 0) is 17.4 Å². The molecule has 1 rings (SSSR count). The number of hydrogen-bond donors (Lipinski definition) is 1. The molecule has 16 heavy (non-hydrogen) atoms. The molecular formula is C10H8ClF3O2. The van der Waals surface area contributed by atoms with Gasteiger partial charge in [-0.2, -0.15) is 13.2 Å². The molecule has 0 spiro atoms. The Morgan fingerprint density at radius 1 is 1.44 bits per heavy atom. The fourth-order valence-corrected chi connectivity index (χ4v) is 1.55. The highest BCUT2D eigenvalue weighted by molar-refractivity contribution is 6.31. The van der Waals surface area contributed by atoms with Gasteiger partial charge < -0.3 is 5.11 Å². The van der Waals surface area contributed by atoms with Crippen LogP contribution in [-0.4, -0.2) is 11.1 Å². The molecule has 0 atom stereocenters. The number of carboxylic acid groups (broad SMARTS) is 1. The lowest BCUT2D eigenvalue weighted by molar-refractivity contribution is -0.139. The Morgan fingerprint density at radius 3 is 2.44 bits per heavy atom. The molecule has 0 unspecified atom stereocenters. The van der Waals surface area contributed by atoms with Crippen molar-refractivity contribution in [2.75, 3.05) is 0 Å². The quantitative estimate of drug-likeness (QED) is 0.877. The zero-order valence-electron chi connectivity index (χ0n) is 8.23. The number of carboxylic acids is 1. The lowest BCUT2D eigenvalue weighted by Crippen LogP contribution is -2.13. The zero-order chi connectivity index (χ0) is 12.5. The maximum absolute atomic E-state index is 12.6. The number of benzene rings is 1. The van der Waals surface area contributed by atoms with Gasteiger partial charge >= 0.3 is 12.1 Å². The van der Waals surface area contributed by atoms with Crippen LogP contribution >= 0.6 is 11.6 Å². The maximum atomic E-state index is 12.6. The van der Waals surface area contributed by atoms with Crippen molar-refractivity contribution in [3.63, 3.8) is 0 Å². The van der Waals surface area contributed by atoms with E-state index in [4.69, 9.17) is 16.7 Å². The summed E-state index contributed by atoms with van der Waals surface area (Å²) in [6.45, 7) is 1.37. The van der Waals surface area contributed by atoms with Crippen molar-refractivity contribution < 1.29 is 23.1 Å². The van der Waals surface area contributed by atoms with E-state index in [1.807, 2.05) is 0 Å². The Hall–Kier alpha value is -1.23. The van der Waals surface area contributed by atoms with E-state index in [0.29, 0.717) is 0 Å². The first kappa shape index (κ1) is 12.8. The van der Waals surface area contributed by atoms with Crippen molar-refractivity contribution >= 4 is 17.6 Å². The van der Waals surface area contributed by atoms with Crippen LogP contribution in [0.4, 0.5) is 13.2 Å². The number of halogens is 4. The van der Waals surface area contributed by atoms with E-state index in [-0.39, 0.29) is 16.1 Å². The molecular weight excluding hydrogens is 245 g/mol. The summed E-state index contributed by atoms with van der Waals surface area (Å²) in [7, 11) is 0. The van der Waals surface area contributed by atoms with Crippen LogP contribution in [0.5, 0.6) is 0 Å². The number of hydrogen-bond acceptors (Lipinski definition) is 1. The predicted octanol–water partition coefficient (Wildman–Crippen LogP) is 3.29. The van der Waals surface area contributed by atoms with Crippen molar-refractivity contribution in [1.82, 2.24) is 0 Å². The molecule has 0 aromatic heterocycles. The largest absolute Gasteiger partial charge is 0.481 e. The monoisotopic (exact) mass is 252 g/mol. The molecule has 0 saturated carbocycles. The summed E-state index contributed by atoms with van der Waals surface area (Å²) in [6, 6.07) is 1.92. The van der Waals surface area contributed by atoms with Gasteiger partial charge in [-0.05, 0) is 30.2 Å². The molecule has 1 aromatic rings. The van der Waals surface area contributed by atoms with Crippen LogP contribution in [0.1, 0.15) is 16.7 Å². The lowest BCUT2D eigenvalue weighted by Gasteiger charge is -2.14. The van der Waals surface area contributed by atoms with Crippen LogP contribution < -0.4 is 0 Å². The van der Waals surface area contributed by atoms with Crippen molar-refractivity contribution in [2.24, 2.45) is 0 Å². The van der Waals surface area contributed by atoms with Gasteiger partial charge in [0, 0.05) is 5.02 Å².